The van der Waals surface area contributed by atoms with E-state index in [9.17, 15) is 14.9 Å². The van der Waals surface area contributed by atoms with E-state index in [2.05, 4.69) is 22.0 Å². The second kappa shape index (κ2) is 8.89. The highest BCUT2D eigenvalue weighted by Crippen LogP contribution is 2.37. The van der Waals surface area contributed by atoms with Crippen LogP contribution in [0.1, 0.15) is 49.1 Å². The van der Waals surface area contributed by atoms with Crippen LogP contribution < -0.4 is 16.0 Å². The third kappa shape index (κ3) is 4.70. The Morgan fingerprint density at radius 3 is 2.43 bits per heavy atom. The molecule has 0 bridgehead atoms. The predicted octanol–water partition coefficient (Wildman–Crippen LogP) is 4.29. The smallest absolute Gasteiger partial charge is 0.247 e. The number of fused-ring (bicyclic) bond motifs is 1. The van der Waals surface area contributed by atoms with Gasteiger partial charge in [-0.2, -0.15) is 5.26 Å². The van der Waals surface area contributed by atoms with E-state index in [1.807, 2.05) is 12.1 Å². The van der Waals surface area contributed by atoms with Crippen LogP contribution in [-0.2, 0) is 22.4 Å². The van der Waals surface area contributed by atoms with E-state index in [0.717, 1.165) is 36.9 Å². The van der Waals surface area contributed by atoms with Crippen molar-refractivity contribution >= 4 is 39.5 Å². The molecule has 1 aromatic carbocycles. The minimum absolute atomic E-state index is 0.129. The molecule has 1 heterocycles. The van der Waals surface area contributed by atoms with Crippen molar-refractivity contribution in [1.29, 1.82) is 5.26 Å². The highest BCUT2D eigenvalue weighted by Gasteiger charge is 2.22. The molecule has 0 radical (unpaired) electrons. The Hall–Kier alpha value is -2.85. The largest absolute Gasteiger partial charge is 0.374 e. The van der Waals surface area contributed by atoms with E-state index < -0.39 is 6.04 Å². The Morgan fingerprint density at radius 2 is 1.75 bits per heavy atom. The van der Waals surface area contributed by atoms with Gasteiger partial charge in [-0.25, -0.2) is 0 Å². The third-order valence-electron chi connectivity index (χ3n) is 4.75. The Balaban J connectivity index is 1.66. The molecule has 28 heavy (non-hydrogen) atoms. The van der Waals surface area contributed by atoms with E-state index in [1.165, 1.54) is 29.6 Å². The second-order valence-electron chi connectivity index (χ2n) is 6.99. The first-order valence-electron chi connectivity index (χ1n) is 9.47. The lowest BCUT2D eigenvalue weighted by Gasteiger charge is -2.15. The summed E-state index contributed by atoms with van der Waals surface area (Å²) in [5.74, 6) is -0.310. The van der Waals surface area contributed by atoms with Crippen LogP contribution in [0, 0.1) is 11.3 Å². The van der Waals surface area contributed by atoms with Crippen molar-refractivity contribution in [2.75, 3.05) is 16.0 Å². The molecule has 6 nitrogen and oxygen atoms in total. The van der Waals surface area contributed by atoms with Gasteiger partial charge in [-0.1, -0.05) is 6.42 Å². The van der Waals surface area contributed by atoms with Gasteiger partial charge in [-0.3, -0.25) is 9.59 Å². The third-order valence-corrected chi connectivity index (χ3v) is 5.96. The highest BCUT2D eigenvalue weighted by molar-refractivity contribution is 7.16. The molecule has 1 aromatic heterocycles. The van der Waals surface area contributed by atoms with Gasteiger partial charge in [0.2, 0.25) is 11.8 Å². The van der Waals surface area contributed by atoms with Crippen LogP contribution in [0.5, 0.6) is 0 Å². The Kier molecular flexibility index (Phi) is 6.32. The molecule has 1 aliphatic carbocycles. The standard InChI is InChI=1S/C21H24N4O2S/c1-13(23-15-8-10-16(11-9-15)24-14(2)26)20(27)25-21-18(12-22)17-6-4-3-5-7-19(17)28-21/h8-11,13,23H,3-7H2,1-2H3,(H,24,26)(H,25,27)/t13-/m1/s1. The number of thiophene rings is 1. The van der Waals surface area contributed by atoms with Gasteiger partial charge in [0.25, 0.3) is 0 Å². The number of carbonyl (C=O) groups excluding carboxylic acids is 2. The van der Waals surface area contributed by atoms with E-state index in [0.29, 0.717) is 16.3 Å². The number of hydrogen-bond acceptors (Lipinski definition) is 5. The monoisotopic (exact) mass is 396 g/mol. The summed E-state index contributed by atoms with van der Waals surface area (Å²) in [7, 11) is 0. The first kappa shape index (κ1) is 19.9. The fourth-order valence-electron chi connectivity index (χ4n) is 3.34. The number of nitrogens with zero attached hydrogens (tertiary/aromatic N) is 1. The number of rotatable bonds is 5. The maximum atomic E-state index is 12.6. The normalized spacial score (nSPS) is 14.2. The van der Waals surface area contributed by atoms with Crippen LogP contribution in [0.4, 0.5) is 16.4 Å². The van der Waals surface area contributed by atoms with Crippen molar-refractivity contribution in [1.82, 2.24) is 0 Å². The lowest BCUT2D eigenvalue weighted by atomic mass is 10.1. The van der Waals surface area contributed by atoms with Crippen molar-refractivity contribution in [3.63, 3.8) is 0 Å². The lowest BCUT2D eigenvalue weighted by Crippen LogP contribution is -2.31. The summed E-state index contributed by atoms with van der Waals surface area (Å²) in [4.78, 5) is 25.0. The zero-order valence-electron chi connectivity index (χ0n) is 16.1. The van der Waals surface area contributed by atoms with Crippen molar-refractivity contribution < 1.29 is 9.59 Å². The van der Waals surface area contributed by atoms with Gasteiger partial charge in [0.15, 0.2) is 0 Å². The van der Waals surface area contributed by atoms with Gasteiger partial charge in [0.05, 0.1) is 5.56 Å². The average molecular weight is 397 g/mol. The summed E-state index contributed by atoms with van der Waals surface area (Å²) in [5.41, 5.74) is 3.23. The van der Waals surface area contributed by atoms with E-state index in [4.69, 9.17) is 0 Å². The molecule has 2 amide bonds. The highest BCUT2D eigenvalue weighted by atomic mass is 32.1. The van der Waals surface area contributed by atoms with Gasteiger partial charge >= 0.3 is 0 Å². The van der Waals surface area contributed by atoms with Crippen LogP contribution in [-0.4, -0.2) is 17.9 Å². The summed E-state index contributed by atoms with van der Waals surface area (Å²) in [6.45, 7) is 3.24. The Morgan fingerprint density at radius 1 is 1.07 bits per heavy atom. The molecular formula is C21H24N4O2S. The summed E-state index contributed by atoms with van der Waals surface area (Å²) < 4.78 is 0. The number of anilines is 3. The molecule has 0 saturated heterocycles. The molecule has 1 aliphatic rings. The van der Waals surface area contributed by atoms with Gasteiger partial charge < -0.3 is 16.0 Å². The van der Waals surface area contributed by atoms with E-state index in [-0.39, 0.29) is 11.8 Å². The number of aryl methyl sites for hydroxylation is 1. The van der Waals surface area contributed by atoms with Crippen LogP contribution in [0.25, 0.3) is 0 Å². The number of benzene rings is 1. The molecule has 3 rings (SSSR count). The van der Waals surface area contributed by atoms with E-state index >= 15 is 0 Å². The van der Waals surface area contributed by atoms with Crippen molar-refractivity contribution in [2.24, 2.45) is 0 Å². The molecule has 1 atom stereocenters. The summed E-state index contributed by atoms with van der Waals surface area (Å²) in [6.07, 6.45) is 5.32. The molecule has 0 fully saturated rings. The number of nitriles is 1. The van der Waals surface area contributed by atoms with Crippen molar-refractivity contribution in [3.05, 3.63) is 40.3 Å². The van der Waals surface area contributed by atoms with Gasteiger partial charge in [-0.05, 0) is 62.4 Å². The molecule has 2 aromatic rings. The average Bonchev–Trinajstić information content (AvgIpc) is 2.82. The van der Waals surface area contributed by atoms with Crippen LogP contribution in [0.3, 0.4) is 0 Å². The van der Waals surface area contributed by atoms with Crippen molar-refractivity contribution in [2.45, 2.75) is 52.0 Å². The first-order valence-corrected chi connectivity index (χ1v) is 10.3. The number of amides is 2. The quantitative estimate of drug-likeness (QED) is 0.657. The van der Waals surface area contributed by atoms with Gasteiger partial charge in [-0.15, -0.1) is 11.3 Å². The lowest BCUT2D eigenvalue weighted by molar-refractivity contribution is -0.116. The molecule has 146 valence electrons. The topological polar surface area (TPSA) is 94.0 Å². The molecule has 3 N–H and O–H groups in total. The zero-order valence-corrected chi connectivity index (χ0v) is 16.9. The summed E-state index contributed by atoms with van der Waals surface area (Å²) >= 11 is 1.54. The SMILES string of the molecule is CC(=O)Nc1ccc(N[C@H](C)C(=O)Nc2sc3c(c2C#N)CCCCC3)cc1. The zero-order chi connectivity index (χ0) is 20.1. The van der Waals surface area contributed by atoms with Crippen LogP contribution >= 0.6 is 11.3 Å². The number of carbonyl (C=O) groups is 2. The fourth-order valence-corrected chi connectivity index (χ4v) is 4.58. The summed E-state index contributed by atoms with van der Waals surface area (Å²) in [5, 5.41) is 19.0. The molecule has 0 saturated carbocycles. The molecule has 0 unspecified atom stereocenters. The fraction of sp³-hybridized carbons (Fsp3) is 0.381. The number of hydrogen-bond donors (Lipinski definition) is 3. The minimum atomic E-state index is -0.472. The first-order chi connectivity index (χ1) is 13.5. The maximum Gasteiger partial charge on any atom is 0.247 e. The Bertz CT molecular complexity index is 912. The predicted molar refractivity (Wildman–Crippen MR) is 113 cm³/mol. The van der Waals surface area contributed by atoms with E-state index in [1.54, 1.807) is 19.1 Å². The molecule has 7 heteroatoms. The molecular weight excluding hydrogens is 372 g/mol. The summed E-state index contributed by atoms with van der Waals surface area (Å²) in [6, 6.07) is 8.99. The second-order valence-corrected chi connectivity index (χ2v) is 8.10. The van der Waals surface area contributed by atoms with Crippen LogP contribution in [0.15, 0.2) is 24.3 Å². The van der Waals surface area contributed by atoms with Crippen LogP contribution in [0.2, 0.25) is 0 Å². The molecule has 0 spiro atoms. The van der Waals surface area contributed by atoms with Gasteiger partial charge in [0.1, 0.15) is 17.1 Å². The minimum Gasteiger partial charge on any atom is -0.374 e. The van der Waals surface area contributed by atoms with Gasteiger partial charge in [0, 0.05) is 23.2 Å². The Labute approximate surface area is 169 Å². The maximum absolute atomic E-state index is 12.6. The molecule has 0 aliphatic heterocycles. The number of nitrogens with one attached hydrogen (secondary N) is 3. The van der Waals surface area contributed by atoms with Crippen molar-refractivity contribution in [3.8, 4) is 6.07 Å².